The number of carbonyl (C=O) groups excluding carboxylic acids is 1. The highest BCUT2D eigenvalue weighted by molar-refractivity contribution is 5.79. The Kier molecular flexibility index (Phi) is 9.08. The first-order chi connectivity index (χ1) is 16.9. The van der Waals surface area contributed by atoms with E-state index in [0.717, 1.165) is 25.9 Å². The lowest BCUT2D eigenvalue weighted by atomic mass is 9.97. The van der Waals surface area contributed by atoms with Crippen LogP contribution in [0, 0.1) is 5.92 Å². The minimum absolute atomic E-state index is 0.0882. The average molecular weight is 515 g/mol. The molecule has 0 aliphatic heterocycles. The van der Waals surface area contributed by atoms with Crippen LogP contribution in [0.4, 0.5) is 26.3 Å². The van der Waals surface area contributed by atoms with Gasteiger partial charge in [-0.25, -0.2) is 0 Å². The lowest BCUT2D eigenvalue weighted by molar-refractivity contribution is -0.143. The maximum Gasteiger partial charge on any atom is 0.416 e. The van der Waals surface area contributed by atoms with Crippen molar-refractivity contribution in [3.63, 3.8) is 0 Å². The van der Waals surface area contributed by atoms with Gasteiger partial charge in [0.2, 0.25) is 5.91 Å². The van der Waals surface area contributed by atoms with E-state index >= 15 is 0 Å². The molecule has 0 radical (unpaired) electrons. The van der Waals surface area contributed by atoms with Gasteiger partial charge in [0.15, 0.2) is 0 Å². The van der Waals surface area contributed by atoms with Crippen molar-refractivity contribution in [3.8, 4) is 0 Å². The van der Waals surface area contributed by atoms with Crippen LogP contribution in [0.5, 0.6) is 0 Å². The molecule has 198 valence electrons. The number of rotatable bonds is 9. The topological polar surface area (TPSA) is 32.3 Å². The third-order valence-corrected chi connectivity index (χ3v) is 7.03. The summed E-state index contributed by atoms with van der Waals surface area (Å²) in [5.74, 6) is -0.254. The Morgan fingerprint density at radius 3 is 2.17 bits per heavy atom. The summed E-state index contributed by atoms with van der Waals surface area (Å²) < 4.78 is 78.5. The second kappa shape index (κ2) is 11.7. The van der Waals surface area contributed by atoms with Crippen LogP contribution in [0.25, 0.3) is 0 Å². The van der Waals surface area contributed by atoms with E-state index in [2.05, 4.69) is 36.2 Å². The highest BCUT2D eigenvalue weighted by Gasteiger charge is 2.37. The molecule has 3 unspecified atom stereocenters. The van der Waals surface area contributed by atoms with Crippen molar-refractivity contribution < 1.29 is 31.1 Å². The quantitative estimate of drug-likeness (QED) is 0.365. The van der Waals surface area contributed by atoms with E-state index in [0.29, 0.717) is 30.9 Å². The summed E-state index contributed by atoms with van der Waals surface area (Å²) >= 11 is 0. The molecule has 0 aromatic heterocycles. The zero-order valence-electron chi connectivity index (χ0n) is 20.4. The first-order valence-electron chi connectivity index (χ1n) is 12.2. The van der Waals surface area contributed by atoms with Crippen molar-refractivity contribution in [2.75, 3.05) is 13.1 Å². The standard InChI is InChI=1S/C27H32F6N2O/c1-3-35(12-11-18(2)20-7-5-4-6-8-20)24-10-9-21(15-24)25(36)34-17-19-13-22(26(28,29)30)16-23(14-19)27(31,32)33/h4-8,13-14,16,18,21,24H,3,9-12,15,17H2,1-2H3,(H,34,36). The van der Waals surface area contributed by atoms with Gasteiger partial charge in [0.05, 0.1) is 11.1 Å². The lowest BCUT2D eigenvalue weighted by Gasteiger charge is -2.29. The number of hydrogen-bond donors (Lipinski definition) is 1. The van der Waals surface area contributed by atoms with Crippen LogP contribution in [-0.2, 0) is 23.7 Å². The number of carbonyl (C=O) groups is 1. The number of nitrogens with zero attached hydrogens (tertiary/aromatic N) is 1. The second-order valence-electron chi connectivity index (χ2n) is 9.52. The largest absolute Gasteiger partial charge is 0.416 e. The van der Waals surface area contributed by atoms with Crippen LogP contribution >= 0.6 is 0 Å². The zero-order chi connectivity index (χ0) is 26.5. The number of amides is 1. The molecule has 0 saturated heterocycles. The molecule has 1 saturated carbocycles. The monoisotopic (exact) mass is 514 g/mol. The number of nitrogens with one attached hydrogen (secondary N) is 1. The van der Waals surface area contributed by atoms with Crippen molar-refractivity contribution in [2.45, 2.75) is 70.4 Å². The molecule has 1 fully saturated rings. The second-order valence-corrected chi connectivity index (χ2v) is 9.52. The van der Waals surface area contributed by atoms with E-state index in [9.17, 15) is 31.1 Å². The van der Waals surface area contributed by atoms with Gasteiger partial charge in [0.1, 0.15) is 0 Å². The van der Waals surface area contributed by atoms with Gasteiger partial charge < -0.3 is 10.2 Å². The van der Waals surface area contributed by atoms with E-state index in [1.54, 1.807) is 0 Å². The van der Waals surface area contributed by atoms with Crippen LogP contribution in [0.1, 0.15) is 67.7 Å². The Bertz CT molecular complexity index is 973. The summed E-state index contributed by atoms with van der Waals surface area (Å²) in [5, 5.41) is 2.56. The fourth-order valence-electron chi connectivity index (χ4n) is 4.89. The molecule has 3 atom stereocenters. The summed E-state index contributed by atoms with van der Waals surface area (Å²) in [6, 6.07) is 11.9. The molecule has 0 bridgehead atoms. The smallest absolute Gasteiger partial charge is 0.352 e. The zero-order valence-corrected chi connectivity index (χ0v) is 20.4. The number of hydrogen-bond acceptors (Lipinski definition) is 2. The molecule has 3 rings (SSSR count). The lowest BCUT2D eigenvalue weighted by Crippen LogP contribution is -2.36. The summed E-state index contributed by atoms with van der Waals surface area (Å²) in [6.07, 6.45) is -6.77. The molecule has 1 N–H and O–H groups in total. The van der Waals surface area contributed by atoms with Gasteiger partial charge >= 0.3 is 12.4 Å². The Balaban J connectivity index is 1.56. The third-order valence-electron chi connectivity index (χ3n) is 7.03. The molecule has 2 aromatic carbocycles. The van der Waals surface area contributed by atoms with E-state index in [-0.39, 0.29) is 36.0 Å². The van der Waals surface area contributed by atoms with Gasteiger partial charge in [-0.1, -0.05) is 44.2 Å². The molecular formula is C27H32F6N2O. The first-order valence-corrected chi connectivity index (χ1v) is 12.2. The summed E-state index contributed by atoms with van der Waals surface area (Å²) in [7, 11) is 0. The van der Waals surface area contributed by atoms with Gasteiger partial charge in [-0.15, -0.1) is 0 Å². The number of benzene rings is 2. The summed E-state index contributed by atoms with van der Waals surface area (Å²) in [6.45, 7) is 5.60. The summed E-state index contributed by atoms with van der Waals surface area (Å²) in [5.41, 5.74) is -1.72. The minimum Gasteiger partial charge on any atom is -0.352 e. The molecular weight excluding hydrogens is 482 g/mol. The number of alkyl halides is 6. The maximum absolute atomic E-state index is 13.1. The molecule has 9 heteroatoms. The van der Waals surface area contributed by atoms with Crippen LogP contribution in [0.15, 0.2) is 48.5 Å². The van der Waals surface area contributed by atoms with Crippen molar-refractivity contribution >= 4 is 5.91 Å². The molecule has 2 aromatic rings. The van der Waals surface area contributed by atoms with Crippen LogP contribution < -0.4 is 5.32 Å². The molecule has 3 nitrogen and oxygen atoms in total. The molecule has 1 aliphatic carbocycles. The van der Waals surface area contributed by atoms with E-state index in [1.165, 1.54) is 5.56 Å². The molecule has 1 amide bonds. The Morgan fingerprint density at radius 1 is 1.00 bits per heavy atom. The van der Waals surface area contributed by atoms with Gasteiger partial charge in [-0.3, -0.25) is 4.79 Å². The molecule has 36 heavy (non-hydrogen) atoms. The minimum atomic E-state index is -4.92. The van der Waals surface area contributed by atoms with Crippen molar-refractivity contribution in [3.05, 3.63) is 70.8 Å². The van der Waals surface area contributed by atoms with Gasteiger partial charge in [0, 0.05) is 18.5 Å². The van der Waals surface area contributed by atoms with Crippen LogP contribution in [-0.4, -0.2) is 29.9 Å². The van der Waals surface area contributed by atoms with Gasteiger partial charge in [-0.05, 0) is 74.0 Å². The Labute approximate surface area is 207 Å². The molecule has 1 aliphatic rings. The van der Waals surface area contributed by atoms with Gasteiger partial charge in [0.25, 0.3) is 0 Å². The van der Waals surface area contributed by atoms with E-state index in [1.807, 2.05) is 18.2 Å². The third kappa shape index (κ3) is 7.48. The highest BCUT2D eigenvalue weighted by atomic mass is 19.4. The predicted octanol–water partition coefficient (Wildman–Crippen LogP) is 7.02. The molecule has 0 spiro atoms. The number of halogens is 6. The highest BCUT2D eigenvalue weighted by Crippen LogP contribution is 2.36. The van der Waals surface area contributed by atoms with Gasteiger partial charge in [-0.2, -0.15) is 26.3 Å². The Morgan fingerprint density at radius 2 is 1.61 bits per heavy atom. The fourth-order valence-corrected chi connectivity index (χ4v) is 4.89. The van der Waals surface area contributed by atoms with E-state index in [4.69, 9.17) is 0 Å². The van der Waals surface area contributed by atoms with Crippen LogP contribution in [0.2, 0.25) is 0 Å². The predicted molar refractivity (Wildman–Crippen MR) is 126 cm³/mol. The fraction of sp³-hybridized carbons (Fsp3) is 0.519. The maximum atomic E-state index is 13.1. The first kappa shape index (κ1) is 28.0. The van der Waals surface area contributed by atoms with Crippen molar-refractivity contribution in [1.82, 2.24) is 10.2 Å². The molecule has 0 heterocycles. The Hall–Kier alpha value is -2.55. The van der Waals surface area contributed by atoms with Crippen molar-refractivity contribution in [1.29, 1.82) is 0 Å². The van der Waals surface area contributed by atoms with Crippen LogP contribution in [0.3, 0.4) is 0 Å². The SMILES string of the molecule is CCN(CCC(C)c1ccccc1)C1CCC(C(=O)NCc2cc(C(F)(F)F)cc(C(F)(F)F)c2)C1. The normalized spacial score (nSPS) is 19.5. The average Bonchev–Trinajstić information content (AvgIpc) is 3.32. The van der Waals surface area contributed by atoms with E-state index < -0.39 is 23.5 Å². The summed E-state index contributed by atoms with van der Waals surface area (Å²) in [4.78, 5) is 15.1. The van der Waals surface area contributed by atoms with Crippen molar-refractivity contribution in [2.24, 2.45) is 5.92 Å².